The van der Waals surface area contributed by atoms with Gasteiger partial charge in [0.15, 0.2) is 18.1 Å². The van der Waals surface area contributed by atoms with Crippen LogP contribution in [0.5, 0.6) is 17.2 Å². The van der Waals surface area contributed by atoms with Gasteiger partial charge in [-0.2, -0.15) is 10.1 Å². The van der Waals surface area contributed by atoms with E-state index in [2.05, 4.69) is 10.4 Å². The molecular formula is C26H23N3O6. The summed E-state index contributed by atoms with van der Waals surface area (Å²) in [6.45, 7) is 1.93. The molecule has 0 saturated heterocycles. The number of carbonyl (C=O) groups excluding carboxylic acids is 3. The first-order valence-electron chi connectivity index (χ1n) is 10.9. The van der Waals surface area contributed by atoms with E-state index in [-0.39, 0.29) is 12.5 Å². The summed E-state index contributed by atoms with van der Waals surface area (Å²) < 4.78 is 16.5. The number of fused-ring (bicyclic) bond motifs is 1. The molecule has 9 heteroatoms. The molecule has 0 fully saturated rings. The molecule has 1 N–H and O–H groups in total. The minimum Gasteiger partial charge on any atom is -0.495 e. The fraction of sp³-hybridized carbons (Fsp3) is 0.154. The number of ether oxygens (including phenoxy) is 3. The van der Waals surface area contributed by atoms with Crippen molar-refractivity contribution in [1.29, 1.82) is 0 Å². The average Bonchev–Trinajstić information content (AvgIpc) is 3.12. The van der Waals surface area contributed by atoms with E-state index in [9.17, 15) is 14.4 Å². The lowest BCUT2D eigenvalue weighted by atomic mass is 10.1. The van der Waals surface area contributed by atoms with Gasteiger partial charge in [0.1, 0.15) is 5.75 Å². The molecular weight excluding hydrogens is 450 g/mol. The second-order valence-corrected chi connectivity index (χ2v) is 7.39. The topological polar surface area (TPSA) is 107 Å². The first-order chi connectivity index (χ1) is 17.0. The number of amides is 3. The number of nitrogens with one attached hydrogen (secondary N) is 1. The molecule has 1 aliphatic heterocycles. The molecule has 4 rings (SSSR count). The summed E-state index contributed by atoms with van der Waals surface area (Å²) in [5.74, 6) is -0.0321. The third-order valence-corrected chi connectivity index (χ3v) is 5.10. The van der Waals surface area contributed by atoms with Crippen LogP contribution in [0, 0.1) is 0 Å². The Morgan fingerprint density at radius 1 is 0.914 bits per heavy atom. The molecule has 0 aromatic heterocycles. The van der Waals surface area contributed by atoms with E-state index in [0.717, 1.165) is 5.01 Å². The number of hydrogen-bond acceptors (Lipinski definition) is 7. The SMILES string of the molecule is CCOc1cc(/C=N\N2C(=O)c3ccccc3C2=O)ccc1OCC(=O)Nc1ccccc1OC. The molecule has 3 aromatic carbocycles. The number of methoxy groups -OCH3 is 1. The number of benzene rings is 3. The number of nitrogens with zero attached hydrogens (tertiary/aromatic N) is 2. The molecule has 9 nitrogen and oxygen atoms in total. The molecule has 0 saturated carbocycles. The van der Waals surface area contributed by atoms with Gasteiger partial charge in [-0.15, -0.1) is 0 Å². The van der Waals surface area contributed by atoms with Crippen LogP contribution in [0.4, 0.5) is 5.69 Å². The van der Waals surface area contributed by atoms with E-state index in [4.69, 9.17) is 14.2 Å². The van der Waals surface area contributed by atoms with Crippen molar-refractivity contribution in [2.24, 2.45) is 5.10 Å². The first kappa shape index (κ1) is 23.5. The second kappa shape index (κ2) is 10.5. The third-order valence-electron chi connectivity index (χ3n) is 5.10. The van der Waals surface area contributed by atoms with Gasteiger partial charge in [-0.1, -0.05) is 24.3 Å². The summed E-state index contributed by atoms with van der Waals surface area (Å²) in [4.78, 5) is 37.3. The molecule has 0 bridgehead atoms. The van der Waals surface area contributed by atoms with Gasteiger partial charge in [-0.3, -0.25) is 14.4 Å². The zero-order chi connectivity index (χ0) is 24.8. The highest BCUT2D eigenvalue weighted by Gasteiger charge is 2.35. The molecule has 1 aliphatic rings. The molecule has 0 atom stereocenters. The minimum atomic E-state index is -0.479. The lowest BCUT2D eigenvalue weighted by Crippen LogP contribution is -2.24. The van der Waals surface area contributed by atoms with Crippen molar-refractivity contribution in [1.82, 2.24) is 5.01 Å². The molecule has 3 aromatic rings. The molecule has 0 unspecified atom stereocenters. The molecule has 3 amide bonds. The molecule has 178 valence electrons. The van der Waals surface area contributed by atoms with E-state index >= 15 is 0 Å². The van der Waals surface area contributed by atoms with E-state index in [1.807, 2.05) is 6.92 Å². The summed E-state index contributed by atoms with van der Waals surface area (Å²) in [6.07, 6.45) is 1.39. The number of hydrogen-bond donors (Lipinski definition) is 1. The summed E-state index contributed by atoms with van der Waals surface area (Å²) in [5, 5.41) is 7.65. The zero-order valence-electron chi connectivity index (χ0n) is 19.2. The maximum Gasteiger partial charge on any atom is 0.282 e. The van der Waals surface area contributed by atoms with Crippen LogP contribution in [-0.4, -0.2) is 49.3 Å². The van der Waals surface area contributed by atoms with Crippen LogP contribution in [-0.2, 0) is 4.79 Å². The van der Waals surface area contributed by atoms with Crippen LogP contribution in [0.2, 0.25) is 0 Å². The van der Waals surface area contributed by atoms with Crippen molar-refractivity contribution in [3.05, 3.63) is 83.4 Å². The van der Waals surface area contributed by atoms with Gasteiger partial charge in [0, 0.05) is 0 Å². The second-order valence-electron chi connectivity index (χ2n) is 7.39. The van der Waals surface area contributed by atoms with Crippen LogP contribution in [0.25, 0.3) is 0 Å². The summed E-state index contributed by atoms with van der Waals surface area (Å²) in [6, 6.07) is 18.6. The summed E-state index contributed by atoms with van der Waals surface area (Å²) in [7, 11) is 1.52. The van der Waals surface area contributed by atoms with Gasteiger partial charge >= 0.3 is 0 Å². The van der Waals surface area contributed by atoms with E-state index in [1.165, 1.54) is 13.3 Å². The first-order valence-corrected chi connectivity index (χ1v) is 10.9. The monoisotopic (exact) mass is 473 g/mol. The Balaban J connectivity index is 1.44. The number of para-hydroxylation sites is 2. The Kier molecular flexibility index (Phi) is 7.06. The van der Waals surface area contributed by atoms with E-state index in [1.54, 1.807) is 66.7 Å². The lowest BCUT2D eigenvalue weighted by Gasteiger charge is -2.13. The Hall–Kier alpha value is -4.66. The lowest BCUT2D eigenvalue weighted by molar-refractivity contribution is -0.118. The van der Waals surface area contributed by atoms with E-state index < -0.39 is 11.8 Å². The molecule has 35 heavy (non-hydrogen) atoms. The van der Waals surface area contributed by atoms with Crippen LogP contribution < -0.4 is 19.5 Å². The third kappa shape index (κ3) is 5.14. The largest absolute Gasteiger partial charge is 0.495 e. The predicted molar refractivity (Wildman–Crippen MR) is 129 cm³/mol. The quantitative estimate of drug-likeness (QED) is 0.375. The normalized spacial score (nSPS) is 12.6. The standard InChI is InChI=1S/C26H23N3O6/c1-3-34-23-14-17(15-27-29-25(31)18-8-4-5-9-19(18)26(29)32)12-13-22(23)35-16-24(30)28-20-10-6-7-11-21(20)33-2/h4-15H,3,16H2,1-2H3,(H,28,30)/b27-15-. The number of hydrazone groups is 1. The van der Waals surface area contributed by atoms with Crippen molar-refractivity contribution in [2.75, 3.05) is 25.6 Å². The van der Waals surface area contributed by atoms with Crippen molar-refractivity contribution >= 4 is 29.6 Å². The Labute approximate surface area is 201 Å². The van der Waals surface area contributed by atoms with Gasteiger partial charge in [-0.05, 0) is 55.0 Å². The zero-order valence-corrected chi connectivity index (χ0v) is 19.2. The maximum atomic E-state index is 12.5. The molecule has 0 radical (unpaired) electrons. The fourth-order valence-electron chi connectivity index (χ4n) is 3.48. The van der Waals surface area contributed by atoms with Crippen LogP contribution in [0.1, 0.15) is 33.2 Å². The average molecular weight is 473 g/mol. The number of imide groups is 1. The van der Waals surface area contributed by atoms with Gasteiger partial charge in [0.2, 0.25) is 0 Å². The van der Waals surface area contributed by atoms with Crippen molar-refractivity contribution in [3.63, 3.8) is 0 Å². The molecule has 0 aliphatic carbocycles. The summed E-state index contributed by atoms with van der Waals surface area (Å²) >= 11 is 0. The van der Waals surface area contributed by atoms with Crippen molar-refractivity contribution in [3.8, 4) is 17.2 Å². The Morgan fingerprint density at radius 3 is 2.29 bits per heavy atom. The summed E-state index contributed by atoms with van der Waals surface area (Å²) in [5.41, 5.74) is 1.75. The smallest absolute Gasteiger partial charge is 0.282 e. The predicted octanol–water partition coefficient (Wildman–Crippen LogP) is 3.74. The highest BCUT2D eigenvalue weighted by atomic mass is 16.5. The van der Waals surface area contributed by atoms with Crippen molar-refractivity contribution < 1.29 is 28.6 Å². The van der Waals surface area contributed by atoms with Gasteiger partial charge < -0.3 is 19.5 Å². The van der Waals surface area contributed by atoms with Crippen molar-refractivity contribution in [2.45, 2.75) is 6.92 Å². The molecule has 1 heterocycles. The van der Waals surface area contributed by atoms with Crippen LogP contribution in [0.3, 0.4) is 0 Å². The van der Waals surface area contributed by atoms with Gasteiger partial charge in [-0.25, -0.2) is 0 Å². The number of carbonyl (C=O) groups is 3. The Morgan fingerprint density at radius 2 is 1.60 bits per heavy atom. The number of rotatable bonds is 9. The number of anilines is 1. The highest BCUT2D eigenvalue weighted by Crippen LogP contribution is 2.29. The van der Waals surface area contributed by atoms with Gasteiger partial charge in [0.25, 0.3) is 17.7 Å². The van der Waals surface area contributed by atoms with Crippen LogP contribution >= 0.6 is 0 Å². The minimum absolute atomic E-state index is 0.249. The van der Waals surface area contributed by atoms with Gasteiger partial charge in [0.05, 0.1) is 36.7 Å². The maximum absolute atomic E-state index is 12.5. The highest BCUT2D eigenvalue weighted by molar-refractivity contribution is 6.21. The van der Waals surface area contributed by atoms with E-state index in [0.29, 0.717) is 46.2 Å². The fourth-order valence-corrected chi connectivity index (χ4v) is 3.48. The molecule has 0 spiro atoms. The van der Waals surface area contributed by atoms with Crippen LogP contribution in [0.15, 0.2) is 71.8 Å². The Bertz CT molecular complexity index is 1270.